The van der Waals surface area contributed by atoms with Gasteiger partial charge in [0.25, 0.3) is 0 Å². The lowest BCUT2D eigenvalue weighted by molar-refractivity contribution is 0.0745. The van der Waals surface area contributed by atoms with Crippen molar-refractivity contribution >= 4 is 5.71 Å². The Morgan fingerprint density at radius 1 is 1.11 bits per heavy atom. The highest BCUT2D eigenvalue weighted by Gasteiger charge is 2.42. The van der Waals surface area contributed by atoms with Crippen LogP contribution in [-0.2, 0) is 16.1 Å². The second-order valence-electron chi connectivity index (χ2n) is 7.28. The molecule has 2 unspecified atom stereocenters. The Hall–Kier alpha value is -2.37. The van der Waals surface area contributed by atoms with Crippen molar-refractivity contribution in [2.45, 2.75) is 19.6 Å². The van der Waals surface area contributed by atoms with Gasteiger partial charge in [0.2, 0.25) is 0 Å². The molecule has 2 aliphatic rings. The van der Waals surface area contributed by atoms with Crippen molar-refractivity contribution in [2.75, 3.05) is 33.4 Å². The number of fused-ring (bicyclic) bond motifs is 1. The second kappa shape index (κ2) is 8.11. The molecule has 0 aromatic heterocycles. The second-order valence-corrected chi connectivity index (χ2v) is 7.28. The van der Waals surface area contributed by atoms with Crippen molar-refractivity contribution in [1.29, 1.82) is 0 Å². The fourth-order valence-electron chi connectivity index (χ4n) is 3.81. The number of rotatable bonds is 7. The first kappa shape index (κ1) is 18.0. The maximum absolute atomic E-state index is 5.74. The monoisotopic (exact) mass is 366 g/mol. The Bertz CT molecular complexity index is 803. The van der Waals surface area contributed by atoms with Gasteiger partial charge in [0.15, 0.2) is 0 Å². The quantitative estimate of drug-likeness (QED) is 0.706. The molecule has 0 aliphatic carbocycles. The van der Waals surface area contributed by atoms with E-state index >= 15 is 0 Å². The van der Waals surface area contributed by atoms with Gasteiger partial charge in [-0.3, -0.25) is 4.90 Å². The predicted molar refractivity (Wildman–Crippen MR) is 105 cm³/mol. The third-order valence-electron chi connectivity index (χ3n) is 5.18. The minimum Gasteiger partial charge on any atom is -0.491 e. The number of benzene rings is 2. The van der Waals surface area contributed by atoms with Gasteiger partial charge in [-0.2, -0.15) is 0 Å². The lowest BCUT2D eigenvalue weighted by Gasteiger charge is -2.16. The van der Waals surface area contributed by atoms with Gasteiger partial charge in [0.05, 0.1) is 18.2 Å². The van der Waals surface area contributed by atoms with Gasteiger partial charge in [0, 0.05) is 32.3 Å². The van der Waals surface area contributed by atoms with Crippen LogP contribution in [0.2, 0.25) is 0 Å². The summed E-state index contributed by atoms with van der Waals surface area (Å²) in [5.74, 6) is 1.23. The SMILES string of the molecule is COCCOc1ccc(CN2CC3ON=C(c4cccc(C)c4)C3C2)cc1. The van der Waals surface area contributed by atoms with Crippen molar-refractivity contribution in [3.63, 3.8) is 0 Å². The molecule has 4 rings (SSSR count). The molecule has 0 amide bonds. The van der Waals surface area contributed by atoms with Gasteiger partial charge >= 0.3 is 0 Å². The molecular formula is C22H26N2O3. The fourth-order valence-corrected chi connectivity index (χ4v) is 3.81. The van der Waals surface area contributed by atoms with Gasteiger partial charge < -0.3 is 14.3 Å². The van der Waals surface area contributed by atoms with Crippen LogP contribution >= 0.6 is 0 Å². The molecule has 0 radical (unpaired) electrons. The van der Waals surface area contributed by atoms with Gasteiger partial charge in [-0.05, 0) is 24.6 Å². The number of ether oxygens (including phenoxy) is 2. The first-order valence-electron chi connectivity index (χ1n) is 9.47. The zero-order valence-corrected chi connectivity index (χ0v) is 15.9. The molecule has 2 aromatic rings. The Balaban J connectivity index is 1.35. The molecule has 1 saturated heterocycles. The van der Waals surface area contributed by atoms with Crippen molar-refractivity contribution in [1.82, 2.24) is 4.90 Å². The smallest absolute Gasteiger partial charge is 0.149 e. The van der Waals surface area contributed by atoms with E-state index in [0.717, 1.165) is 31.1 Å². The highest BCUT2D eigenvalue weighted by molar-refractivity contribution is 6.03. The Morgan fingerprint density at radius 2 is 1.96 bits per heavy atom. The maximum atomic E-state index is 5.74. The van der Waals surface area contributed by atoms with Crippen LogP contribution in [0.4, 0.5) is 0 Å². The summed E-state index contributed by atoms with van der Waals surface area (Å²) >= 11 is 0. The van der Waals surface area contributed by atoms with Crippen molar-refractivity contribution in [3.05, 3.63) is 65.2 Å². The molecule has 27 heavy (non-hydrogen) atoms. The van der Waals surface area contributed by atoms with Gasteiger partial charge in [-0.25, -0.2) is 0 Å². The average Bonchev–Trinajstić information content (AvgIpc) is 3.23. The largest absolute Gasteiger partial charge is 0.491 e. The molecule has 0 saturated carbocycles. The highest BCUT2D eigenvalue weighted by Crippen LogP contribution is 2.31. The highest BCUT2D eigenvalue weighted by atomic mass is 16.6. The Kier molecular flexibility index (Phi) is 5.41. The first-order valence-corrected chi connectivity index (χ1v) is 9.47. The summed E-state index contributed by atoms with van der Waals surface area (Å²) in [6.45, 7) is 6.09. The average molecular weight is 366 g/mol. The normalized spacial score (nSPS) is 21.6. The summed E-state index contributed by atoms with van der Waals surface area (Å²) < 4.78 is 10.6. The minimum atomic E-state index is 0.164. The van der Waals surface area contributed by atoms with Crippen LogP contribution in [0, 0.1) is 12.8 Å². The maximum Gasteiger partial charge on any atom is 0.149 e. The van der Waals surface area contributed by atoms with E-state index in [1.165, 1.54) is 16.7 Å². The van der Waals surface area contributed by atoms with Crippen molar-refractivity contribution in [3.8, 4) is 5.75 Å². The number of oxime groups is 1. The van der Waals surface area contributed by atoms with E-state index in [4.69, 9.17) is 14.3 Å². The van der Waals surface area contributed by atoms with Crippen LogP contribution in [0.5, 0.6) is 5.75 Å². The van der Waals surface area contributed by atoms with Crippen LogP contribution in [0.1, 0.15) is 16.7 Å². The number of likely N-dealkylation sites (tertiary alicyclic amines) is 1. The van der Waals surface area contributed by atoms with Gasteiger partial charge in [0.1, 0.15) is 18.5 Å². The molecular weight excluding hydrogens is 340 g/mol. The summed E-state index contributed by atoms with van der Waals surface area (Å²) in [4.78, 5) is 8.19. The number of hydrogen-bond donors (Lipinski definition) is 0. The molecule has 5 nitrogen and oxygen atoms in total. The minimum absolute atomic E-state index is 0.164. The van der Waals surface area contributed by atoms with Crippen LogP contribution in [0.15, 0.2) is 53.7 Å². The van der Waals surface area contributed by atoms with Crippen LogP contribution in [-0.4, -0.2) is 50.1 Å². The van der Waals surface area contributed by atoms with Crippen molar-refractivity contribution < 1.29 is 14.3 Å². The molecule has 5 heteroatoms. The summed E-state index contributed by atoms with van der Waals surface area (Å²) in [6, 6.07) is 16.8. The topological polar surface area (TPSA) is 43.3 Å². The third kappa shape index (κ3) is 4.15. The van der Waals surface area contributed by atoms with E-state index in [0.29, 0.717) is 19.1 Å². The van der Waals surface area contributed by atoms with E-state index in [1.807, 2.05) is 12.1 Å². The van der Waals surface area contributed by atoms with E-state index < -0.39 is 0 Å². The Labute approximate surface area is 160 Å². The summed E-state index contributed by atoms with van der Waals surface area (Å²) in [6.07, 6.45) is 0.164. The molecule has 2 aliphatic heterocycles. The zero-order chi connectivity index (χ0) is 18.6. The number of aryl methyl sites for hydroxylation is 1. The van der Waals surface area contributed by atoms with Crippen LogP contribution in [0.25, 0.3) is 0 Å². The molecule has 2 atom stereocenters. The zero-order valence-electron chi connectivity index (χ0n) is 15.9. The van der Waals surface area contributed by atoms with E-state index in [1.54, 1.807) is 7.11 Å². The third-order valence-corrected chi connectivity index (χ3v) is 5.18. The van der Waals surface area contributed by atoms with Gasteiger partial charge in [-0.1, -0.05) is 47.1 Å². The lowest BCUT2D eigenvalue weighted by Crippen LogP contribution is -2.23. The van der Waals surface area contributed by atoms with Gasteiger partial charge in [-0.15, -0.1) is 0 Å². The first-order chi connectivity index (χ1) is 13.2. The standard InChI is InChI=1S/C22H26N2O3/c1-16-4-3-5-18(12-16)22-20-14-24(15-21(20)27-23-22)13-17-6-8-19(9-7-17)26-11-10-25-2/h3-9,12,20-21H,10-11,13-15H2,1-2H3. The molecule has 0 bridgehead atoms. The van der Waals surface area contributed by atoms with Crippen LogP contribution in [0.3, 0.4) is 0 Å². The molecule has 2 aromatic carbocycles. The van der Waals surface area contributed by atoms with E-state index in [-0.39, 0.29) is 6.10 Å². The Morgan fingerprint density at radius 3 is 2.74 bits per heavy atom. The molecule has 0 spiro atoms. The molecule has 0 N–H and O–H groups in total. The van der Waals surface area contributed by atoms with E-state index in [9.17, 15) is 0 Å². The van der Waals surface area contributed by atoms with Crippen molar-refractivity contribution in [2.24, 2.45) is 11.1 Å². The number of hydrogen-bond acceptors (Lipinski definition) is 5. The summed E-state index contributed by atoms with van der Waals surface area (Å²) in [7, 11) is 1.68. The molecule has 2 heterocycles. The predicted octanol–water partition coefficient (Wildman–Crippen LogP) is 3.26. The van der Waals surface area contributed by atoms with E-state index in [2.05, 4.69) is 53.4 Å². The van der Waals surface area contributed by atoms with Crippen LogP contribution < -0.4 is 4.74 Å². The molecule has 142 valence electrons. The number of nitrogens with zero attached hydrogens (tertiary/aromatic N) is 2. The summed E-state index contributed by atoms with van der Waals surface area (Å²) in [5.41, 5.74) is 4.81. The lowest BCUT2D eigenvalue weighted by atomic mass is 9.94. The molecule has 1 fully saturated rings. The summed E-state index contributed by atoms with van der Waals surface area (Å²) in [5, 5.41) is 4.38. The fraction of sp³-hybridized carbons (Fsp3) is 0.409. The number of methoxy groups -OCH3 is 1.